The molecule has 0 N–H and O–H groups in total. The van der Waals surface area contributed by atoms with Crippen molar-refractivity contribution in [3.63, 3.8) is 0 Å². The summed E-state index contributed by atoms with van der Waals surface area (Å²) in [7, 11) is 0. The minimum Gasteiger partial charge on any atom is -0.492 e. The van der Waals surface area contributed by atoms with Gasteiger partial charge in [0.25, 0.3) is 0 Å². The third-order valence-corrected chi connectivity index (χ3v) is 1.89. The molecule has 1 aliphatic rings. The predicted octanol–water partition coefficient (Wildman–Crippen LogP) is 1.71. The second-order valence-corrected chi connectivity index (χ2v) is 2.78. The molecule has 1 aromatic rings. The van der Waals surface area contributed by atoms with Crippen LogP contribution in [-0.2, 0) is 0 Å². The van der Waals surface area contributed by atoms with Crippen LogP contribution >= 0.6 is 0 Å². The number of rotatable bonds is 0. The monoisotopic (exact) mass is 160 g/mol. The average Bonchev–Trinajstić information content (AvgIpc) is 2.07. The van der Waals surface area contributed by atoms with Crippen molar-refractivity contribution in [2.24, 2.45) is 0 Å². The molecule has 0 fully saturated rings. The van der Waals surface area contributed by atoms with E-state index in [-0.39, 0.29) is 5.78 Å². The highest BCUT2D eigenvalue weighted by Gasteiger charge is 2.17. The summed E-state index contributed by atoms with van der Waals surface area (Å²) in [5, 5.41) is 0. The lowest BCUT2D eigenvalue weighted by molar-refractivity contribution is 0.0933. The van der Waals surface area contributed by atoms with Gasteiger partial charge in [-0.3, -0.25) is 4.79 Å². The van der Waals surface area contributed by atoms with Crippen LogP contribution in [0.5, 0.6) is 5.75 Å². The van der Waals surface area contributed by atoms with Crippen molar-refractivity contribution < 1.29 is 9.53 Å². The van der Waals surface area contributed by atoms with Crippen LogP contribution in [0.25, 0.3) is 0 Å². The van der Waals surface area contributed by atoms with E-state index in [1.54, 1.807) is 18.2 Å². The molecular weight excluding hydrogens is 152 g/mol. The van der Waals surface area contributed by atoms with E-state index >= 15 is 0 Å². The molecule has 0 bridgehead atoms. The summed E-state index contributed by atoms with van der Waals surface area (Å²) >= 11 is 0. The third kappa shape index (κ3) is 1.09. The summed E-state index contributed by atoms with van der Waals surface area (Å²) in [6.45, 7) is 6.02. The van der Waals surface area contributed by atoms with E-state index in [4.69, 9.17) is 11.7 Å². The summed E-state index contributed by atoms with van der Waals surface area (Å²) in [5.41, 5.74) is 1.22. The van der Waals surface area contributed by atoms with Crippen LogP contribution < -0.4 is 4.74 Å². The summed E-state index contributed by atoms with van der Waals surface area (Å²) in [4.78, 5) is 11.3. The Morgan fingerprint density at radius 1 is 1.42 bits per heavy atom. The van der Waals surface area contributed by atoms with E-state index in [2.05, 4.69) is 0 Å². The molecule has 2 nitrogen and oxygen atoms in total. The van der Waals surface area contributed by atoms with Gasteiger partial charge in [0, 0.05) is 6.42 Å². The molecule has 2 rings (SSSR count). The molecule has 12 heavy (non-hydrogen) atoms. The SMILES string of the molecule is [CH]c1ccc2c(c1)C(=O)CCO2. The largest absolute Gasteiger partial charge is 0.492 e. The third-order valence-electron chi connectivity index (χ3n) is 1.89. The number of carbonyl (C=O) groups excluding carboxylic acids is 1. The van der Waals surface area contributed by atoms with Gasteiger partial charge in [-0.15, -0.1) is 0 Å². The van der Waals surface area contributed by atoms with Crippen molar-refractivity contribution in [2.75, 3.05) is 6.61 Å². The van der Waals surface area contributed by atoms with Gasteiger partial charge in [0.2, 0.25) is 0 Å². The van der Waals surface area contributed by atoms with Crippen LogP contribution in [-0.4, -0.2) is 12.4 Å². The fourth-order valence-electron chi connectivity index (χ4n) is 1.28. The zero-order valence-electron chi connectivity index (χ0n) is 6.54. The van der Waals surface area contributed by atoms with Crippen LogP contribution in [0.4, 0.5) is 0 Å². The maximum Gasteiger partial charge on any atom is 0.170 e. The Labute approximate surface area is 71.2 Å². The summed E-state index contributed by atoms with van der Waals surface area (Å²) in [6.07, 6.45) is 0.455. The summed E-state index contributed by atoms with van der Waals surface area (Å²) < 4.78 is 5.27. The van der Waals surface area contributed by atoms with Gasteiger partial charge in [-0.1, -0.05) is 6.07 Å². The molecule has 0 spiro atoms. The second-order valence-electron chi connectivity index (χ2n) is 2.78. The van der Waals surface area contributed by atoms with Gasteiger partial charge >= 0.3 is 0 Å². The molecule has 0 saturated carbocycles. The highest BCUT2D eigenvalue weighted by molar-refractivity contribution is 5.99. The fourth-order valence-corrected chi connectivity index (χ4v) is 1.28. The number of hydrogen-bond donors (Lipinski definition) is 0. The molecule has 0 amide bonds. The molecular formula is C10H8O2. The smallest absolute Gasteiger partial charge is 0.170 e. The van der Waals surface area contributed by atoms with Crippen LogP contribution in [0.15, 0.2) is 18.2 Å². The van der Waals surface area contributed by atoms with Crippen molar-refractivity contribution in [2.45, 2.75) is 6.42 Å². The standard InChI is InChI=1S/C10H8O2/c1-7-2-3-10-8(6-7)9(11)4-5-12-10/h1-3,6H,4-5H2. The fraction of sp³-hybridized carbons (Fsp3) is 0.200. The Bertz CT molecular complexity index is 329. The van der Waals surface area contributed by atoms with Crippen molar-refractivity contribution >= 4 is 5.78 Å². The van der Waals surface area contributed by atoms with Crippen molar-refractivity contribution in [3.05, 3.63) is 36.2 Å². The number of carbonyl (C=O) groups is 1. The first kappa shape index (κ1) is 7.35. The van der Waals surface area contributed by atoms with Gasteiger partial charge in [-0.25, -0.2) is 0 Å². The minimum absolute atomic E-state index is 0.114. The zero-order valence-corrected chi connectivity index (χ0v) is 6.54. The average molecular weight is 160 g/mol. The maximum absolute atomic E-state index is 11.3. The van der Waals surface area contributed by atoms with E-state index in [1.807, 2.05) is 0 Å². The molecule has 0 aliphatic carbocycles. The number of ether oxygens (including phenoxy) is 1. The summed E-state index contributed by atoms with van der Waals surface area (Å²) in [6, 6.07) is 5.13. The topological polar surface area (TPSA) is 26.3 Å². The predicted molar refractivity (Wildman–Crippen MR) is 44.3 cm³/mol. The van der Waals surface area contributed by atoms with Crippen molar-refractivity contribution in [1.82, 2.24) is 0 Å². The van der Waals surface area contributed by atoms with Gasteiger partial charge in [0.15, 0.2) is 5.78 Å². The van der Waals surface area contributed by atoms with E-state index in [0.29, 0.717) is 29.9 Å². The van der Waals surface area contributed by atoms with Crippen molar-refractivity contribution in [3.8, 4) is 5.75 Å². The molecule has 0 unspecified atom stereocenters. The van der Waals surface area contributed by atoms with Gasteiger partial charge in [-0.05, 0) is 24.6 Å². The number of benzene rings is 1. The number of hydrogen-bond acceptors (Lipinski definition) is 2. The van der Waals surface area contributed by atoms with Gasteiger partial charge in [-0.2, -0.15) is 0 Å². The Balaban J connectivity index is 2.54. The van der Waals surface area contributed by atoms with E-state index in [1.165, 1.54) is 0 Å². The number of Topliss-reactive ketones (excluding diaryl/α,β-unsaturated/α-hetero) is 1. The van der Waals surface area contributed by atoms with E-state index in [9.17, 15) is 4.79 Å². The highest BCUT2D eigenvalue weighted by Crippen LogP contribution is 2.24. The maximum atomic E-state index is 11.3. The van der Waals surface area contributed by atoms with E-state index in [0.717, 1.165) is 0 Å². The van der Waals surface area contributed by atoms with E-state index < -0.39 is 0 Å². The lowest BCUT2D eigenvalue weighted by atomic mass is 10.0. The Morgan fingerprint density at radius 3 is 3.08 bits per heavy atom. The summed E-state index contributed by atoms with van der Waals surface area (Å²) in [5.74, 6) is 0.768. The van der Waals surface area contributed by atoms with Crippen LogP contribution in [0.1, 0.15) is 22.3 Å². The minimum atomic E-state index is 0.114. The molecule has 60 valence electrons. The Kier molecular flexibility index (Phi) is 1.61. The normalized spacial score (nSPS) is 15.2. The molecule has 1 heterocycles. The molecule has 0 saturated heterocycles. The van der Waals surface area contributed by atoms with Gasteiger partial charge in [0.05, 0.1) is 12.2 Å². The lowest BCUT2D eigenvalue weighted by Gasteiger charge is -2.15. The number of fused-ring (bicyclic) bond motifs is 1. The van der Waals surface area contributed by atoms with Crippen molar-refractivity contribution in [1.29, 1.82) is 0 Å². The van der Waals surface area contributed by atoms with Crippen LogP contribution in [0.2, 0.25) is 0 Å². The second kappa shape index (κ2) is 2.63. The molecule has 1 aromatic carbocycles. The number of ketones is 1. The van der Waals surface area contributed by atoms with Gasteiger partial charge in [0.1, 0.15) is 5.75 Å². The highest BCUT2D eigenvalue weighted by atomic mass is 16.5. The lowest BCUT2D eigenvalue weighted by Crippen LogP contribution is -2.15. The Morgan fingerprint density at radius 2 is 2.25 bits per heavy atom. The molecule has 0 atom stereocenters. The molecule has 1 aliphatic heterocycles. The molecule has 2 heteroatoms. The Hall–Kier alpha value is -1.31. The van der Waals surface area contributed by atoms with Gasteiger partial charge < -0.3 is 4.74 Å². The quantitative estimate of drug-likeness (QED) is 0.577. The molecule has 2 radical (unpaired) electrons. The van der Waals surface area contributed by atoms with Crippen LogP contribution in [0, 0.1) is 6.92 Å². The van der Waals surface area contributed by atoms with Crippen LogP contribution in [0.3, 0.4) is 0 Å². The first-order valence-corrected chi connectivity index (χ1v) is 3.83. The zero-order chi connectivity index (χ0) is 8.55. The first-order chi connectivity index (χ1) is 5.77. The first-order valence-electron chi connectivity index (χ1n) is 3.83. The molecule has 0 aromatic heterocycles.